The number of aryl methyl sites for hydroxylation is 1. The van der Waals surface area contributed by atoms with Crippen molar-refractivity contribution in [3.8, 4) is 11.8 Å². The molecule has 0 spiro atoms. The van der Waals surface area contributed by atoms with Crippen molar-refractivity contribution in [1.29, 1.82) is 0 Å². The lowest BCUT2D eigenvalue weighted by molar-refractivity contribution is -0.126. The third kappa shape index (κ3) is 4.57. The van der Waals surface area contributed by atoms with E-state index in [0.717, 1.165) is 16.8 Å². The van der Waals surface area contributed by atoms with E-state index in [1.165, 1.54) is 0 Å². The molecule has 1 unspecified atom stereocenters. The zero-order chi connectivity index (χ0) is 20.1. The van der Waals surface area contributed by atoms with Gasteiger partial charge in [-0.15, -0.1) is 0 Å². The van der Waals surface area contributed by atoms with Crippen molar-refractivity contribution >= 4 is 23.4 Å². The van der Waals surface area contributed by atoms with Crippen LogP contribution in [0.3, 0.4) is 0 Å². The summed E-state index contributed by atoms with van der Waals surface area (Å²) < 4.78 is 0. The SMILES string of the molecule is Cc1ccc(N2CC(C(=O)NCC#Cc3ccc(C(N)=O)cc3)CC2=O)cc1. The molecule has 1 aliphatic rings. The summed E-state index contributed by atoms with van der Waals surface area (Å²) in [6.45, 7) is 2.54. The lowest BCUT2D eigenvalue weighted by Gasteiger charge is -2.16. The Labute approximate surface area is 163 Å². The van der Waals surface area contributed by atoms with Gasteiger partial charge in [-0.25, -0.2) is 0 Å². The number of primary amides is 1. The number of hydrogen-bond acceptors (Lipinski definition) is 3. The second-order valence-electron chi connectivity index (χ2n) is 6.70. The Kier molecular flexibility index (Phi) is 5.75. The minimum Gasteiger partial charge on any atom is -0.366 e. The van der Waals surface area contributed by atoms with Gasteiger partial charge in [0.2, 0.25) is 17.7 Å². The Morgan fingerprint density at radius 3 is 2.46 bits per heavy atom. The average molecular weight is 375 g/mol. The highest BCUT2D eigenvalue weighted by Crippen LogP contribution is 2.25. The Morgan fingerprint density at radius 2 is 1.82 bits per heavy atom. The van der Waals surface area contributed by atoms with Crippen LogP contribution in [0.5, 0.6) is 0 Å². The number of rotatable bonds is 4. The van der Waals surface area contributed by atoms with E-state index in [1.54, 1.807) is 29.2 Å². The molecule has 3 N–H and O–H groups in total. The molecule has 0 aromatic heterocycles. The van der Waals surface area contributed by atoms with Crippen LogP contribution in [0.2, 0.25) is 0 Å². The maximum absolute atomic E-state index is 12.3. The molecule has 1 fully saturated rings. The normalized spacial score (nSPS) is 15.7. The van der Waals surface area contributed by atoms with Crippen LogP contribution in [-0.4, -0.2) is 30.8 Å². The Bertz CT molecular complexity index is 953. The van der Waals surface area contributed by atoms with Gasteiger partial charge >= 0.3 is 0 Å². The summed E-state index contributed by atoms with van der Waals surface area (Å²) in [5.41, 5.74) is 8.26. The summed E-state index contributed by atoms with van der Waals surface area (Å²) in [5.74, 6) is 4.68. The van der Waals surface area contributed by atoms with Gasteiger partial charge in [0.15, 0.2) is 0 Å². The smallest absolute Gasteiger partial charge is 0.248 e. The summed E-state index contributed by atoms with van der Waals surface area (Å²) >= 11 is 0. The Hall–Kier alpha value is -3.59. The predicted octanol–water partition coefficient (Wildman–Crippen LogP) is 1.61. The minimum atomic E-state index is -0.488. The van der Waals surface area contributed by atoms with Crippen LogP contribution in [0.1, 0.15) is 27.9 Å². The van der Waals surface area contributed by atoms with E-state index in [-0.39, 0.29) is 30.7 Å². The fraction of sp³-hybridized carbons (Fsp3) is 0.227. The summed E-state index contributed by atoms with van der Waals surface area (Å²) in [6, 6.07) is 14.3. The Morgan fingerprint density at radius 1 is 1.14 bits per heavy atom. The van der Waals surface area contributed by atoms with E-state index in [0.29, 0.717) is 12.1 Å². The van der Waals surface area contributed by atoms with Gasteiger partial charge < -0.3 is 16.0 Å². The molecule has 3 rings (SSSR count). The number of hydrogen-bond donors (Lipinski definition) is 2. The molecule has 6 nitrogen and oxygen atoms in total. The van der Waals surface area contributed by atoms with Gasteiger partial charge in [-0.05, 0) is 43.3 Å². The summed E-state index contributed by atoms with van der Waals surface area (Å²) in [4.78, 5) is 37.3. The summed E-state index contributed by atoms with van der Waals surface area (Å²) in [7, 11) is 0. The number of nitrogens with zero attached hydrogens (tertiary/aromatic N) is 1. The topological polar surface area (TPSA) is 92.5 Å². The van der Waals surface area contributed by atoms with Crippen LogP contribution in [0.4, 0.5) is 5.69 Å². The molecule has 0 bridgehead atoms. The number of nitrogens with two attached hydrogens (primary N) is 1. The zero-order valence-electron chi connectivity index (χ0n) is 15.6. The van der Waals surface area contributed by atoms with Crippen LogP contribution in [-0.2, 0) is 9.59 Å². The van der Waals surface area contributed by atoms with E-state index in [4.69, 9.17) is 5.73 Å². The van der Waals surface area contributed by atoms with E-state index >= 15 is 0 Å². The van der Waals surface area contributed by atoms with E-state index < -0.39 is 5.91 Å². The molecule has 0 aliphatic carbocycles. The third-order valence-corrected chi connectivity index (χ3v) is 4.59. The Balaban J connectivity index is 1.52. The molecule has 3 amide bonds. The van der Waals surface area contributed by atoms with Crippen molar-refractivity contribution in [3.63, 3.8) is 0 Å². The first-order valence-electron chi connectivity index (χ1n) is 8.97. The highest BCUT2D eigenvalue weighted by molar-refractivity contribution is 6.00. The number of amides is 3. The molecule has 2 aromatic rings. The molecule has 142 valence electrons. The summed E-state index contributed by atoms with van der Waals surface area (Å²) in [5, 5.41) is 2.76. The quantitative estimate of drug-likeness (QED) is 0.796. The molecule has 6 heteroatoms. The van der Waals surface area contributed by atoms with E-state index in [1.807, 2.05) is 31.2 Å². The molecule has 0 saturated carbocycles. The van der Waals surface area contributed by atoms with Crippen molar-refractivity contribution in [2.45, 2.75) is 13.3 Å². The van der Waals surface area contributed by atoms with Crippen molar-refractivity contribution in [1.82, 2.24) is 5.32 Å². The first kappa shape index (κ1) is 19.2. The number of carbonyl (C=O) groups excluding carboxylic acids is 3. The molecule has 0 radical (unpaired) electrons. The molecular formula is C22H21N3O3. The lowest BCUT2D eigenvalue weighted by atomic mass is 10.1. The van der Waals surface area contributed by atoms with Crippen molar-refractivity contribution < 1.29 is 14.4 Å². The first-order chi connectivity index (χ1) is 13.4. The van der Waals surface area contributed by atoms with Gasteiger partial charge in [0.25, 0.3) is 0 Å². The number of benzene rings is 2. The maximum Gasteiger partial charge on any atom is 0.248 e. The lowest BCUT2D eigenvalue weighted by Crippen LogP contribution is -2.33. The largest absolute Gasteiger partial charge is 0.366 e. The second kappa shape index (κ2) is 8.40. The molecule has 1 atom stereocenters. The van der Waals surface area contributed by atoms with Crippen molar-refractivity contribution in [2.75, 3.05) is 18.0 Å². The molecule has 1 heterocycles. The molecule has 1 aliphatic heterocycles. The molecule has 1 saturated heterocycles. The average Bonchev–Trinajstić information content (AvgIpc) is 3.08. The summed E-state index contributed by atoms with van der Waals surface area (Å²) in [6.07, 6.45) is 0.196. The van der Waals surface area contributed by atoms with Gasteiger partial charge in [0, 0.05) is 29.8 Å². The predicted molar refractivity (Wildman–Crippen MR) is 106 cm³/mol. The van der Waals surface area contributed by atoms with Crippen molar-refractivity contribution in [3.05, 3.63) is 65.2 Å². The number of nitrogens with one attached hydrogen (secondary N) is 1. The van der Waals surface area contributed by atoms with E-state index in [9.17, 15) is 14.4 Å². The zero-order valence-corrected chi connectivity index (χ0v) is 15.6. The first-order valence-corrected chi connectivity index (χ1v) is 8.97. The number of anilines is 1. The third-order valence-electron chi connectivity index (χ3n) is 4.59. The van der Waals surface area contributed by atoms with Gasteiger partial charge in [-0.1, -0.05) is 29.5 Å². The highest BCUT2D eigenvalue weighted by atomic mass is 16.2. The van der Waals surface area contributed by atoms with Gasteiger partial charge in [0.05, 0.1) is 12.5 Å². The van der Waals surface area contributed by atoms with Crippen LogP contribution >= 0.6 is 0 Å². The van der Waals surface area contributed by atoms with Gasteiger partial charge in [-0.3, -0.25) is 14.4 Å². The fourth-order valence-electron chi connectivity index (χ4n) is 3.00. The standard InChI is InChI=1S/C22H21N3O3/c1-15-4-10-19(11-5-15)25-14-18(13-20(25)26)22(28)24-12-2-3-16-6-8-17(9-7-16)21(23)27/h4-11,18H,12-14H2,1H3,(H2,23,27)(H,24,28). The molecule has 2 aromatic carbocycles. The molecular weight excluding hydrogens is 354 g/mol. The van der Waals surface area contributed by atoms with Crippen LogP contribution in [0, 0.1) is 24.7 Å². The fourth-order valence-corrected chi connectivity index (χ4v) is 3.00. The van der Waals surface area contributed by atoms with Crippen molar-refractivity contribution in [2.24, 2.45) is 11.7 Å². The highest BCUT2D eigenvalue weighted by Gasteiger charge is 2.34. The van der Waals surface area contributed by atoms with Gasteiger partial charge in [-0.2, -0.15) is 0 Å². The van der Waals surface area contributed by atoms with Crippen LogP contribution in [0.15, 0.2) is 48.5 Å². The molecule has 28 heavy (non-hydrogen) atoms. The van der Waals surface area contributed by atoms with Crippen LogP contribution in [0.25, 0.3) is 0 Å². The van der Waals surface area contributed by atoms with Crippen LogP contribution < -0.4 is 16.0 Å². The number of carbonyl (C=O) groups is 3. The monoisotopic (exact) mass is 375 g/mol. The van der Waals surface area contributed by atoms with Gasteiger partial charge in [0.1, 0.15) is 0 Å². The second-order valence-corrected chi connectivity index (χ2v) is 6.70. The maximum atomic E-state index is 12.3. The van der Waals surface area contributed by atoms with E-state index in [2.05, 4.69) is 17.2 Å². The minimum absolute atomic E-state index is 0.0513.